The number of aliphatic hydroxyl groups is 1. The lowest BCUT2D eigenvalue weighted by Gasteiger charge is -2.42. The predicted octanol–water partition coefficient (Wildman–Crippen LogP) is 4.24. The summed E-state index contributed by atoms with van der Waals surface area (Å²) >= 11 is 0. The molecule has 1 saturated heterocycles. The van der Waals surface area contributed by atoms with E-state index in [0.29, 0.717) is 5.56 Å². The molecule has 4 rings (SSSR count). The van der Waals surface area contributed by atoms with E-state index in [9.17, 15) is 9.90 Å². The number of piperidine rings is 1. The number of hydrogen-bond acceptors (Lipinski definition) is 4. The van der Waals surface area contributed by atoms with E-state index in [0.717, 1.165) is 74.8 Å². The third-order valence-corrected chi connectivity index (χ3v) is 7.50. The smallest absolute Gasteiger partial charge is 0.343 e. The van der Waals surface area contributed by atoms with E-state index in [4.69, 9.17) is 4.74 Å². The molecule has 1 aromatic carbocycles. The van der Waals surface area contributed by atoms with E-state index in [2.05, 4.69) is 18.1 Å². The number of benzene rings is 1. The molecule has 2 aliphatic rings. The maximum Gasteiger partial charge on any atom is 0.343 e. The van der Waals surface area contributed by atoms with Crippen LogP contribution in [0.25, 0.3) is 0 Å². The zero-order valence-corrected chi connectivity index (χ0v) is 19.3. The number of esters is 1. The van der Waals surface area contributed by atoms with Crippen molar-refractivity contribution in [2.45, 2.75) is 63.1 Å². The molecule has 2 fully saturated rings. The molecular formula is C27H37N2O3+. The maximum atomic E-state index is 13.5. The predicted molar refractivity (Wildman–Crippen MR) is 125 cm³/mol. The van der Waals surface area contributed by atoms with Gasteiger partial charge in [0.15, 0.2) is 11.7 Å². The summed E-state index contributed by atoms with van der Waals surface area (Å²) in [7, 11) is 2.24. The normalized spacial score (nSPS) is 26.2. The van der Waals surface area contributed by atoms with Crippen LogP contribution < -0.4 is 0 Å². The quantitative estimate of drug-likeness (QED) is 0.520. The summed E-state index contributed by atoms with van der Waals surface area (Å²) in [6, 6.07) is 15.5. The molecule has 2 aromatic rings. The van der Waals surface area contributed by atoms with Gasteiger partial charge >= 0.3 is 5.97 Å². The molecule has 32 heavy (non-hydrogen) atoms. The van der Waals surface area contributed by atoms with Gasteiger partial charge in [0.1, 0.15) is 6.54 Å². The van der Waals surface area contributed by atoms with E-state index < -0.39 is 11.6 Å². The number of aromatic nitrogens is 1. The lowest BCUT2D eigenvalue weighted by Crippen LogP contribution is -2.56. The molecule has 1 aliphatic heterocycles. The molecule has 2 heterocycles. The second-order valence-corrected chi connectivity index (χ2v) is 9.96. The number of carbonyl (C=O) groups is 1. The second kappa shape index (κ2) is 10.1. The van der Waals surface area contributed by atoms with Crippen LogP contribution in [-0.2, 0) is 21.6 Å². The fourth-order valence-corrected chi connectivity index (χ4v) is 5.58. The Hall–Kier alpha value is -2.24. The fourth-order valence-electron chi connectivity index (χ4n) is 5.58. The number of ether oxygens (including phenoxy) is 1. The Balaban J connectivity index is 1.45. The highest BCUT2D eigenvalue weighted by Crippen LogP contribution is 2.41. The first-order valence-electron chi connectivity index (χ1n) is 12.2. The highest BCUT2D eigenvalue weighted by molar-refractivity contribution is 5.81. The highest BCUT2D eigenvalue weighted by atomic mass is 16.6. The number of rotatable bonds is 7. The third-order valence-electron chi connectivity index (χ3n) is 7.50. The molecule has 0 radical (unpaired) electrons. The minimum atomic E-state index is -1.56. The van der Waals surface area contributed by atoms with Gasteiger partial charge in [-0.15, -0.1) is 0 Å². The summed E-state index contributed by atoms with van der Waals surface area (Å²) in [5, 5.41) is 11.8. The van der Waals surface area contributed by atoms with Gasteiger partial charge in [0.25, 0.3) is 0 Å². The number of pyridine rings is 1. The fraction of sp³-hybridized carbons (Fsp3) is 0.556. The van der Waals surface area contributed by atoms with Crippen LogP contribution in [0, 0.1) is 5.92 Å². The number of carbonyl (C=O) groups excluding carboxylic acids is 1. The first-order valence-corrected chi connectivity index (χ1v) is 12.2. The molecule has 1 aromatic heterocycles. The monoisotopic (exact) mass is 437 g/mol. The average molecular weight is 438 g/mol. The number of quaternary nitrogens is 1. The molecule has 5 nitrogen and oxygen atoms in total. The van der Waals surface area contributed by atoms with Crippen molar-refractivity contribution in [2.24, 2.45) is 5.92 Å². The van der Waals surface area contributed by atoms with Crippen LogP contribution in [0.1, 0.15) is 56.2 Å². The Bertz CT molecular complexity index is 869. The number of likely N-dealkylation sites (N-methyl/N-ethyl adjacent to an activating group) is 1. The average Bonchev–Trinajstić information content (AvgIpc) is 2.84. The van der Waals surface area contributed by atoms with Crippen molar-refractivity contribution in [3.63, 3.8) is 0 Å². The van der Waals surface area contributed by atoms with Crippen LogP contribution in [0.5, 0.6) is 0 Å². The zero-order valence-electron chi connectivity index (χ0n) is 19.3. The summed E-state index contributed by atoms with van der Waals surface area (Å²) in [4.78, 5) is 18.0. The van der Waals surface area contributed by atoms with Crippen LogP contribution in [0.3, 0.4) is 0 Å². The van der Waals surface area contributed by atoms with Crippen LogP contribution >= 0.6 is 0 Å². The van der Waals surface area contributed by atoms with Gasteiger partial charge in [-0.05, 0) is 37.0 Å². The molecular weight excluding hydrogens is 400 g/mol. The summed E-state index contributed by atoms with van der Waals surface area (Å²) in [5.41, 5.74) is 0.207. The van der Waals surface area contributed by atoms with E-state index in [1.54, 1.807) is 0 Å². The van der Waals surface area contributed by atoms with E-state index in [-0.39, 0.29) is 12.0 Å². The molecule has 172 valence electrons. The Morgan fingerprint density at radius 1 is 1.06 bits per heavy atom. The van der Waals surface area contributed by atoms with Gasteiger partial charge in [-0.25, -0.2) is 4.79 Å². The lowest BCUT2D eigenvalue weighted by molar-refractivity contribution is -0.916. The highest BCUT2D eigenvalue weighted by Gasteiger charge is 2.48. The van der Waals surface area contributed by atoms with Gasteiger partial charge in [-0.1, -0.05) is 55.7 Å². The van der Waals surface area contributed by atoms with Crippen molar-refractivity contribution < 1.29 is 19.1 Å². The van der Waals surface area contributed by atoms with Crippen molar-refractivity contribution in [1.82, 2.24) is 4.98 Å². The number of likely N-dealkylation sites (tertiary alicyclic amines) is 1. The molecule has 3 unspecified atom stereocenters. The summed E-state index contributed by atoms with van der Waals surface area (Å²) in [6.45, 7) is 2.83. The zero-order chi connectivity index (χ0) is 22.4. The van der Waals surface area contributed by atoms with E-state index in [1.165, 1.54) is 6.42 Å². The third kappa shape index (κ3) is 5.21. The topological polar surface area (TPSA) is 59.4 Å². The van der Waals surface area contributed by atoms with Crippen LogP contribution in [0.2, 0.25) is 0 Å². The molecule has 1 saturated carbocycles. The summed E-state index contributed by atoms with van der Waals surface area (Å²) in [6.07, 6.45) is 9.47. The largest absolute Gasteiger partial charge is 0.454 e. The maximum absolute atomic E-state index is 13.5. The van der Waals surface area contributed by atoms with E-state index in [1.807, 2.05) is 48.7 Å². The Morgan fingerprint density at radius 2 is 1.81 bits per heavy atom. The standard InChI is InChI=1S/C27H37N2O3/c1-29(20-17-24-15-8-9-18-28-24)19-10-16-25(21-29)32-26(30)27(31,22-11-4-2-5-12-22)23-13-6-3-7-14-23/h2,4-5,8-9,11-12,15,18,23,25,31H,3,6-7,10,13-14,16-17,19-21H2,1H3/q+1. The molecule has 0 spiro atoms. The van der Waals surface area contributed by atoms with Crippen molar-refractivity contribution in [3.8, 4) is 0 Å². The van der Waals surface area contributed by atoms with Gasteiger partial charge in [-0.2, -0.15) is 0 Å². The Labute approximate surface area is 192 Å². The first-order chi connectivity index (χ1) is 15.5. The van der Waals surface area contributed by atoms with Gasteiger partial charge in [-0.3, -0.25) is 4.98 Å². The molecule has 3 atom stereocenters. The lowest BCUT2D eigenvalue weighted by atomic mass is 9.73. The van der Waals surface area contributed by atoms with Gasteiger partial charge in [0.05, 0.1) is 20.1 Å². The second-order valence-electron chi connectivity index (χ2n) is 9.96. The Morgan fingerprint density at radius 3 is 2.53 bits per heavy atom. The van der Waals surface area contributed by atoms with Crippen molar-refractivity contribution in [3.05, 3.63) is 66.0 Å². The van der Waals surface area contributed by atoms with Crippen molar-refractivity contribution >= 4 is 5.97 Å². The van der Waals surface area contributed by atoms with Gasteiger partial charge in [0.2, 0.25) is 0 Å². The van der Waals surface area contributed by atoms with Crippen molar-refractivity contribution in [1.29, 1.82) is 0 Å². The Kier molecular flexibility index (Phi) is 7.27. The molecule has 0 bridgehead atoms. The number of hydrogen-bond donors (Lipinski definition) is 1. The van der Waals surface area contributed by atoms with Crippen LogP contribution in [-0.4, -0.2) is 53.3 Å². The molecule has 0 amide bonds. The molecule has 1 aliphatic carbocycles. The van der Waals surface area contributed by atoms with Crippen LogP contribution in [0.4, 0.5) is 0 Å². The molecule has 1 N–H and O–H groups in total. The summed E-state index contributed by atoms with van der Waals surface area (Å²) < 4.78 is 6.95. The van der Waals surface area contributed by atoms with Crippen LogP contribution in [0.15, 0.2) is 54.7 Å². The molecule has 5 heteroatoms. The van der Waals surface area contributed by atoms with Crippen molar-refractivity contribution in [2.75, 3.05) is 26.7 Å². The minimum Gasteiger partial charge on any atom is -0.454 e. The SMILES string of the molecule is C[N+]1(CCc2ccccn2)CCCC(OC(=O)C(O)(c2ccccc2)C2CCCCC2)C1. The number of nitrogens with zero attached hydrogens (tertiary/aromatic N) is 2. The minimum absolute atomic E-state index is 0.0835. The van der Waals surface area contributed by atoms with E-state index >= 15 is 0 Å². The van der Waals surface area contributed by atoms with Gasteiger partial charge < -0.3 is 14.3 Å². The first kappa shape index (κ1) is 22.9. The summed E-state index contributed by atoms with van der Waals surface area (Å²) in [5.74, 6) is -0.543. The van der Waals surface area contributed by atoms with Gasteiger partial charge in [0, 0.05) is 30.7 Å².